The number of carbonyl (C=O) groups is 1. The number of rotatable bonds is 11. The second-order valence-corrected chi connectivity index (χ2v) is 9.99. The Morgan fingerprint density at radius 2 is 1.76 bits per heavy atom. The average Bonchev–Trinajstić information content (AvgIpc) is 2.82. The SMILES string of the molecule is CCc1ccc(Nc2cc(C(CC)CC(=O)O)ccc2N(CC(C)C)C2CCCCC2)cc1. The van der Waals surface area contributed by atoms with E-state index in [0.717, 1.165) is 36.3 Å². The molecule has 0 aliphatic heterocycles. The number of hydrogen-bond donors (Lipinski definition) is 2. The molecule has 0 radical (unpaired) electrons. The van der Waals surface area contributed by atoms with Crippen LogP contribution in [0.4, 0.5) is 17.1 Å². The Kier molecular flexibility index (Phi) is 9.22. The van der Waals surface area contributed by atoms with Crippen LogP contribution in [0.5, 0.6) is 0 Å². The van der Waals surface area contributed by atoms with E-state index in [1.54, 1.807) is 0 Å². The van der Waals surface area contributed by atoms with Gasteiger partial charge in [0.1, 0.15) is 0 Å². The van der Waals surface area contributed by atoms with Gasteiger partial charge in [-0.25, -0.2) is 0 Å². The molecule has 1 unspecified atom stereocenters. The zero-order chi connectivity index (χ0) is 23.8. The van der Waals surface area contributed by atoms with Crippen LogP contribution < -0.4 is 10.2 Å². The lowest BCUT2D eigenvalue weighted by molar-refractivity contribution is -0.137. The molecule has 1 atom stereocenters. The fraction of sp³-hybridized carbons (Fsp3) is 0.552. The van der Waals surface area contributed by atoms with Crippen LogP contribution in [-0.4, -0.2) is 23.7 Å². The molecule has 0 bridgehead atoms. The predicted molar refractivity (Wildman–Crippen MR) is 140 cm³/mol. The first-order chi connectivity index (χ1) is 15.9. The molecule has 2 N–H and O–H groups in total. The fourth-order valence-electron chi connectivity index (χ4n) is 5.08. The lowest BCUT2D eigenvalue weighted by Crippen LogP contribution is -2.39. The third-order valence-electron chi connectivity index (χ3n) is 6.93. The van der Waals surface area contributed by atoms with E-state index in [1.807, 2.05) is 0 Å². The van der Waals surface area contributed by atoms with Crippen LogP contribution in [0.1, 0.15) is 89.7 Å². The Hall–Kier alpha value is -2.49. The molecule has 0 aromatic heterocycles. The predicted octanol–water partition coefficient (Wildman–Crippen LogP) is 7.76. The average molecular weight is 451 g/mol. The van der Waals surface area contributed by atoms with Gasteiger partial charge in [0.15, 0.2) is 0 Å². The number of nitrogens with zero attached hydrogens (tertiary/aromatic N) is 1. The minimum absolute atomic E-state index is 0.0211. The Morgan fingerprint density at radius 1 is 1.06 bits per heavy atom. The van der Waals surface area contributed by atoms with Crippen LogP contribution in [0.15, 0.2) is 42.5 Å². The summed E-state index contributed by atoms with van der Waals surface area (Å²) in [5.74, 6) is -0.147. The van der Waals surface area contributed by atoms with Crippen molar-refractivity contribution >= 4 is 23.0 Å². The Morgan fingerprint density at radius 3 is 2.33 bits per heavy atom. The van der Waals surface area contributed by atoms with Gasteiger partial charge in [-0.2, -0.15) is 0 Å². The minimum Gasteiger partial charge on any atom is -0.481 e. The first kappa shape index (κ1) is 25.1. The number of carboxylic acids is 1. The lowest BCUT2D eigenvalue weighted by atomic mass is 9.90. The van der Waals surface area contributed by atoms with E-state index in [0.29, 0.717) is 12.0 Å². The maximum Gasteiger partial charge on any atom is 0.303 e. The lowest BCUT2D eigenvalue weighted by Gasteiger charge is -2.39. The highest BCUT2D eigenvalue weighted by Gasteiger charge is 2.25. The second-order valence-electron chi connectivity index (χ2n) is 9.99. The molecule has 33 heavy (non-hydrogen) atoms. The van der Waals surface area contributed by atoms with E-state index >= 15 is 0 Å². The number of anilines is 3. The fourth-order valence-corrected chi connectivity index (χ4v) is 5.08. The minimum atomic E-state index is -0.737. The largest absolute Gasteiger partial charge is 0.481 e. The zero-order valence-electron chi connectivity index (χ0n) is 20.9. The van der Waals surface area contributed by atoms with Crippen LogP contribution >= 0.6 is 0 Å². The molecule has 2 aromatic carbocycles. The summed E-state index contributed by atoms with van der Waals surface area (Å²) in [4.78, 5) is 14.1. The Bertz CT molecular complexity index is 885. The molecule has 1 fully saturated rings. The molecule has 4 heteroatoms. The Labute approximate surface area is 200 Å². The van der Waals surface area contributed by atoms with Gasteiger partial charge in [-0.05, 0) is 72.9 Å². The summed E-state index contributed by atoms with van der Waals surface area (Å²) in [6, 6.07) is 15.8. The van der Waals surface area contributed by atoms with Crippen LogP contribution in [0.2, 0.25) is 0 Å². The monoisotopic (exact) mass is 450 g/mol. The molecule has 1 aliphatic carbocycles. The zero-order valence-corrected chi connectivity index (χ0v) is 20.9. The van der Waals surface area contributed by atoms with Crippen LogP contribution in [0, 0.1) is 5.92 Å². The number of aryl methyl sites for hydroxylation is 1. The van der Waals surface area contributed by atoms with E-state index in [1.165, 1.54) is 43.4 Å². The van der Waals surface area contributed by atoms with Crippen molar-refractivity contribution in [3.8, 4) is 0 Å². The van der Waals surface area contributed by atoms with Crippen molar-refractivity contribution in [2.45, 2.75) is 91.0 Å². The van der Waals surface area contributed by atoms with E-state index in [-0.39, 0.29) is 12.3 Å². The molecule has 1 saturated carbocycles. The molecular formula is C29H42N2O2. The van der Waals surface area contributed by atoms with E-state index in [4.69, 9.17) is 0 Å². The van der Waals surface area contributed by atoms with Crippen molar-refractivity contribution in [2.24, 2.45) is 5.92 Å². The molecule has 0 heterocycles. The number of nitrogens with one attached hydrogen (secondary N) is 1. The summed E-state index contributed by atoms with van der Waals surface area (Å²) in [6.07, 6.45) is 8.44. The normalized spacial score (nSPS) is 15.4. The summed E-state index contributed by atoms with van der Waals surface area (Å²) >= 11 is 0. The van der Waals surface area contributed by atoms with E-state index < -0.39 is 5.97 Å². The number of carboxylic acid groups (broad SMARTS) is 1. The van der Waals surface area contributed by atoms with Crippen molar-refractivity contribution in [2.75, 3.05) is 16.8 Å². The molecule has 0 spiro atoms. The first-order valence-electron chi connectivity index (χ1n) is 12.9. The summed E-state index contributed by atoms with van der Waals surface area (Å²) in [5.41, 5.74) is 5.83. The first-order valence-corrected chi connectivity index (χ1v) is 12.9. The quantitative estimate of drug-likeness (QED) is 0.367. The van der Waals surface area contributed by atoms with Crippen molar-refractivity contribution in [1.82, 2.24) is 0 Å². The molecule has 2 aromatic rings. The molecule has 180 valence electrons. The second kappa shape index (κ2) is 12.1. The summed E-state index contributed by atoms with van der Waals surface area (Å²) < 4.78 is 0. The van der Waals surface area contributed by atoms with Gasteiger partial charge >= 0.3 is 5.97 Å². The standard InChI is InChI=1S/C29H42N2O2/c1-5-22-12-15-25(16-13-22)30-27-18-24(23(6-2)19-29(32)33)14-17-28(27)31(20-21(3)4)26-10-8-7-9-11-26/h12-18,21,23,26,30H,5-11,19-20H2,1-4H3,(H,32,33). The van der Waals surface area contributed by atoms with Crippen LogP contribution in [0.3, 0.4) is 0 Å². The number of hydrogen-bond acceptors (Lipinski definition) is 3. The van der Waals surface area contributed by atoms with Gasteiger partial charge in [0.2, 0.25) is 0 Å². The van der Waals surface area contributed by atoms with Gasteiger partial charge < -0.3 is 15.3 Å². The van der Waals surface area contributed by atoms with Crippen LogP contribution in [0.25, 0.3) is 0 Å². The molecule has 0 amide bonds. The molecule has 1 aliphatic rings. The molecule has 3 rings (SSSR count). The topological polar surface area (TPSA) is 52.6 Å². The molecule has 0 saturated heterocycles. The van der Waals surface area contributed by atoms with E-state index in [2.05, 4.69) is 80.4 Å². The van der Waals surface area contributed by atoms with Gasteiger partial charge in [0.25, 0.3) is 0 Å². The summed E-state index contributed by atoms with van der Waals surface area (Å²) in [6.45, 7) is 9.86. The Balaban J connectivity index is 2.02. The number of aliphatic carboxylic acids is 1. The smallest absolute Gasteiger partial charge is 0.303 e. The summed E-state index contributed by atoms with van der Waals surface area (Å²) in [7, 11) is 0. The van der Waals surface area contributed by atoms with Gasteiger partial charge in [-0.15, -0.1) is 0 Å². The highest BCUT2D eigenvalue weighted by molar-refractivity contribution is 5.77. The third-order valence-corrected chi connectivity index (χ3v) is 6.93. The highest BCUT2D eigenvalue weighted by atomic mass is 16.4. The highest BCUT2D eigenvalue weighted by Crippen LogP contribution is 2.38. The van der Waals surface area contributed by atoms with Crippen LogP contribution in [-0.2, 0) is 11.2 Å². The van der Waals surface area contributed by atoms with Gasteiger partial charge in [0.05, 0.1) is 17.8 Å². The van der Waals surface area contributed by atoms with Crippen molar-refractivity contribution in [3.05, 3.63) is 53.6 Å². The van der Waals surface area contributed by atoms with E-state index in [9.17, 15) is 9.90 Å². The molecule has 4 nitrogen and oxygen atoms in total. The maximum absolute atomic E-state index is 11.5. The van der Waals surface area contributed by atoms with Gasteiger partial charge in [-0.3, -0.25) is 4.79 Å². The van der Waals surface area contributed by atoms with Crippen molar-refractivity contribution < 1.29 is 9.90 Å². The maximum atomic E-state index is 11.5. The van der Waals surface area contributed by atoms with Crippen molar-refractivity contribution in [1.29, 1.82) is 0 Å². The van der Waals surface area contributed by atoms with Gasteiger partial charge in [-0.1, -0.05) is 65.2 Å². The van der Waals surface area contributed by atoms with Crippen molar-refractivity contribution in [3.63, 3.8) is 0 Å². The molecular weight excluding hydrogens is 408 g/mol. The third kappa shape index (κ3) is 6.99. The number of benzene rings is 2. The summed E-state index contributed by atoms with van der Waals surface area (Å²) in [5, 5.41) is 13.1. The van der Waals surface area contributed by atoms with Gasteiger partial charge in [0, 0.05) is 18.3 Å².